The molecular weight excluding hydrogens is 372 g/mol. The molecule has 6 heteroatoms. The summed E-state index contributed by atoms with van der Waals surface area (Å²) in [4.78, 5) is 18.2. The molecule has 0 bridgehead atoms. The summed E-state index contributed by atoms with van der Waals surface area (Å²) in [5.41, 5.74) is 2.05. The lowest BCUT2D eigenvalue weighted by atomic mass is 10.1. The smallest absolute Gasteiger partial charge is 0.241 e. The highest BCUT2D eigenvalue weighted by atomic mass is 32.2. The number of ether oxygens (including phenoxy) is 2. The van der Waals surface area contributed by atoms with Gasteiger partial charge in [0, 0.05) is 34.9 Å². The minimum atomic E-state index is 0.122. The number of fused-ring (bicyclic) bond motifs is 1. The Morgan fingerprint density at radius 3 is 2.75 bits per heavy atom. The van der Waals surface area contributed by atoms with Crippen LogP contribution < -0.4 is 14.4 Å². The number of thioether (sulfide) groups is 1. The quantitative estimate of drug-likeness (QED) is 0.732. The molecule has 2 aromatic rings. The third-order valence-corrected chi connectivity index (χ3v) is 6.12. The number of carbonyl (C=O) groups is 1. The standard InChI is InChI=1S/C22H28N2O3S/c1-16-11-12-24(19-7-5-6-8-21(19)28-16)22(25)15-23(2)14-17-9-10-18(26-3)13-20(17)27-4/h5-10,13,16H,11-12,14-15H2,1-4H3. The lowest BCUT2D eigenvalue weighted by Crippen LogP contribution is -2.39. The van der Waals surface area contributed by atoms with Gasteiger partial charge in [-0.2, -0.15) is 0 Å². The second-order valence-electron chi connectivity index (χ2n) is 7.08. The number of carbonyl (C=O) groups excluding carboxylic acids is 1. The first-order valence-corrected chi connectivity index (χ1v) is 10.3. The fourth-order valence-corrected chi connectivity index (χ4v) is 4.50. The Kier molecular flexibility index (Phi) is 6.86. The number of nitrogens with zero attached hydrogens (tertiary/aromatic N) is 2. The van der Waals surface area contributed by atoms with Gasteiger partial charge in [-0.05, 0) is 31.7 Å². The molecule has 0 saturated carbocycles. The van der Waals surface area contributed by atoms with Gasteiger partial charge in [-0.3, -0.25) is 9.69 Å². The maximum absolute atomic E-state index is 13.1. The van der Waals surface area contributed by atoms with Crippen LogP contribution in [0.15, 0.2) is 47.4 Å². The summed E-state index contributed by atoms with van der Waals surface area (Å²) < 4.78 is 10.7. The topological polar surface area (TPSA) is 42.0 Å². The molecule has 0 aromatic heterocycles. The van der Waals surface area contributed by atoms with Crippen LogP contribution in [0.4, 0.5) is 5.69 Å². The molecule has 1 aliphatic rings. The molecule has 0 saturated heterocycles. The Hall–Kier alpha value is -2.18. The lowest BCUT2D eigenvalue weighted by molar-refractivity contribution is -0.119. The zero-order chi connectivity index (χ0) is 20.1. The van der Waals surface area contributed by atoms with E-state index in [1.54, 1.807) is 14.2 Å². The number of para-hydroxylation sites is 1. The van der Waals surface area contributed by atoms with Gasteiger partial charge in [0.15, 0.2) is 0 Å². The van der Waals surface area contributed by atoms with E-state index in [0.717, 1.165) is 35.7 Å². The first kappa shape index (κ1) is 20.6. The average molecular weight is 401 g/mol. The number of hydrogen-bond acceptors (Lipinski definition) is 5. The monoisotopic (exact) mass is 400 g/mol. The number of benzene rings is 2. The van der Waals surface area contributed by atoms with Gasteiger partial charge < -0.3 is 14.4 Å². The van der Waals surface area contributed by atoms with Crippen molar-refractivity contribution in [2.45, 2.75) is 30.0 Å². The van der Waals surface area contributed by atoms with Crippen LogP contribution in [0.25, 0.3) is 0 Å². The summed E-state index contributed by atoms with van der Waals surface area (Å²) in [5.74, 6) is 1.65. The first-order valence-electron chi connectivity index (χ1n) is 9.47. The molecule has 28 heavy (non-hydrogen) atoms. The number of likely N-dealkylation sites (N-methyl/N-ethyl adjacent to an activating group) is 1. The summed E-state index contributed by atoms with van der Waals surface area (Å²) in [6.45, 7) is 3.95. The maximum Gasteiger partial charge on any atom is 0.241 e. The van der Waals surface area contributed by atoms with Crippen molar-refractivity contribution >= 4 is 23.4 Å². The molecule has 0 spiro atoms. The highest BCUT2D eigenvalue weighted by molar-refractivity contribution is 8.00. The van der Waals surface area contributed by atoms with Crippen molar-refractivity contribution < 1.29 is 14.3 Å². The Balaban J connectivity index is 1.71. The van der Waals surface area contributed by atoms with Gasteiger partial charge in [0.25, 0.3) is 0 Å². The fourth-order valence-electron chi connectivity index (χ4n) is 3.39. The molecule has 1 atom stereocenters. The summed E-state index contributed by atoms with van der Waals surface area (Å²) in [6, 6.07) is 14.0. The molecule has 5 nitrogen and oxygen atoms in total. The van der Waals surface area contributed by atoms with E-state index in [4.69, 9.17) is 9.47 Å². The van der Waals surface area contributed by atoms with Crippen molar-refractivity contribution in [2.75, 3.05) is 39.3 Å². The van der Waals surface area contributed by atoms with E-state index in [-0.39, 0.29) is 5.91 Å². The van der Waals surface area contributed by atoms with Crippen LogP contribution in [0, 0.1) is 0 Å². The zero-order valence-electron chi connectivity index (χ0n) is 17.0. The molecule has 0 radical (unpaired) electrons. The Morgan fingerprint density at radius 1 is 1.21 bits per heavy atom. The van der Waals surface area contributed by atoms with Crippen molar-refractivity contribution in [1.82, 2.24) is 4.90 Å². The number of amides is 1. The van der Waals surface area contributed by atoms with Gasteiger partial charge in [0.05, 0.1) is 26.5 Å². The second kappa shape index (κ2) is 9.34. The molecule has 1 heterocycles. The Labute approximate surface area is 171 Å². The van der Waals surface area contributed by atoms with Gasteiger partial charge >= 0.3 is 0 Å². The van der Waals surface area contributed by atoms with Crippen molar-refractivity contribution in [3.05, 3.63) is 48.0 Å². The lowest BCUT2D eigenvalue weighted by Gasteiger charge is -2.26. The average Bonchev–Trinajstić information content (AvgIpc) is 2.86. The van der Waals surface area contributed by atoms with E-state index in [0.29, 0.717) is 18.3 Å². The van der Waals surface area contributed by atoms with Crippen LogP contribution in [0.5, 0.6) is 11.5 Å². The molecule has 1 aliphatic heterocycles. The van der Waals surface area contributed by atoms with Crippen LogP contribution >= 0.6 is 11.8 Å². The van der Waals surface area contributed by atoms with Gasteiger partial charge in [-0.25, -0.2) is 0 Å². The van der Waals surface area contributed by atoms with Gasteiger partial charge in [0.2, 0.25) is 5.91 Å². The summed E-state index contributed by atoms with van der Waals surface area (Å²) in [6.07, 6.45) is 0.987. The minimum absolute atomic E-state index is 0.122. The molecule has 0 aliphatic carbocycles. The van der Waals surface area contributed by atoms with Crippen LogP contribution in [0.2, 0.25) is 0 Å². The van der Waals surface area contributed by atoms with E-state index in [9.17, 15) is 4.79 Å². The summed E-state index contributed by atoms with van der Waals surface area (Å²) in [7, 11) is 5.25. The van der Waals surface area contributed by atoms with E-state index in [1.807, 2.05) is 65.0 Å². The van der Waals surface area contributed by atoms with E-state index < -0.39 is 0 Å². The molecule has 3 rings (SSSR count). The zero-order valence-corrected chi connectivity index (χ0v) is 17.8. The highest BCUT2D eigenvalue weighted by Crippen LogP contribution is 2.37. The highest BCUT2D eigenvalue weighted by Gasteiger charge is 2.24. The maximum atomic E-state index is 13.1. The second-order valence-corrected chi connectivity index (χ2v) is 8.56. The summed E-state index contributed by atoms with van der Waals surface area (Å²) in [5, 5.41) is 0.500. The normalized spacial score (nSPS) is 16.5. The largest absolute Gasteiger partial charge is 0.497 e. The van der Waals surface area contributed by atoms with Crippen molar-refractivity contribution in [3.63, 3.8) is 0 Å². The van der Waals surface area contributed by atoms with Crippen LogP contribution in [-0.2, 0) is 11.3 Å². The number of rotatable bonds is 6. The van der Waals surface area contributed by atoms with Crippen LogP contribution in [0.1, 0.15) is 18.9 Å². The molecule has 0 fully saturated rings. The Bertz CT molecular complexity index is 827. The van der Waals surface area contributed by atoms with Gasteiger partial charge in [-0.1, -0.05) is 25.1 Å². The summed E-state index contributed by atoms with van der Waals surface area (Å²) >= 11 is 1.85. The van der Waals surface area contributed by atoms with E-state index in [1.165, 1.54) is 4.90 Å². The molecule has 1 unspecified atom stereocenters. The fraction of sp³-hybridized carbons (Fsp3) is 0.409. The molecule has 0 N–H and O–H groups in total. The molecule has 150 valence electrons. The predicted molar refractivity (Wildman–Crippen MR) is 115 cm³/mol. The minimum Gasteiger partial charge on any atom is -0.497 e. The van der Waals surface area contributed by atoms with Crippen LogP contribution in [-0.4, -0.2) is 50.4 Å². The Morgan fingerprint density at radius 2 is 2.00 bits per heavy atom. The number of methoxy groups -OCH3 is 2. The van der Waals surface area contributed by atoms with Crippen LogP contribution in [0.3, 0.4) is 0 Å². The van der Waals surface area contributed by atoms with Gasteiger partial charge in [0.1, 0.15) is 11.5 Å². The number of hydrogen-bond donors (Lipinski definition) is 0. The number of anilines is 1. The third kappa shape index (κ3) is 4.80. The first-order chi connectivity index (χ1) is 13.5. The predicted octanol–water partition coefficient (Wildman–Crippen LogP) is 4.05. The van der Waals surface area contributed by atoms with E-state index >= 15 is 0 Å². The van der Waals surface area contributed by atoms with Crippen molar-refractivity contribution in [1.29, 1.82) is 0 Å². The molecule has 2 aromatic carbocycles. The SMILES string of the molecule is COc1ccc(CN(C)CC(=O)N2CCC(C)Sc3ccccc32)c(OC)c1. The van der Waals surface area contributed by atoms with Gasteiger partial charge in [-0.15, -0.1) is 11.8 Å². The van der Waals surface area contributed by atoms with Crippen molar-refractivity contribution in [2.24, 2.45) is 0 Å². The van der Waals surface area contributed by atoms with Crippen molar-refractivity contribution in [3.8, 4) is 11.5 Å². The molecular formula is C22H28N2O3S. The molecule has 1 amide bonds. The van der Waals surface area contributed by atoms with E-state index in [2.05, 4.69) is 13.0 Å². The third-order valence-electron chi connectivity index (χ3n) is 4.88.